The molecule has 3 aromatic rings. The summed E-state index contributed by atoms with van der Waals surface area (Å²) in [7, 11) is 0. The third-order valence-electron chi connectivity index (χ3n) is 2.75. The van der Waals surface area contributed by atoms with Crippen molar-refractivity contribution in [3.05, 3.63) is 56.1 Å². The van der Waals surface area contributed by atoms with E-state index in [0.29, 0.717) is 17.0 Å². The Bertz CT molecular complexity index is 817. The highest BCUT2D eigenvalue weighted by molar-refractivity contribution is 7.12. The summed E-state index contributed by atoms with van der Waals surface area (Å²) in [6.45, 7) is 2.04. The first-order chi connectivity index (χ1) is 9.61. The molecule has 0 aliphatic rings. The van der Waals surface area contributed by atoms with Crippen LogP contribution in [0.25, 0.3) is 23.3 Å². The zero-order valence-corrected chi connectivity index (χ0v) is 11.4. The van der Waals surface area contributed by atoms with Crippen LogP contribution >= 0.6 is 11.3 Å². The maximum absolute atomic E-state index is 10.7. The molecule has 0 saturated carbocycles. The number of fused-ring (bicyclic) bond motifs is 1. The molecule has 5 nitrogen and oxygen atoms in total. The highest BCUT2D eigenvalue weighted by Gasteiger charge is 2.10. The number of benzene rings is 1. The normalized spacial score (nSPS) is 11.4. The first-order valence-corrected chi connectivity index (χ1v) is 6.73. The Labute approximate surface area is 118 Å². The van der Waals surface area contributed by atoms with E-state index in [1.54, 1.807) is 23.5 Å². The largest absolute Gasteiger partial charge is 0.437 e. The van der Waals surface area contributed by atoms with Crippen LogP contribution < -0.4 is 0 Å². The second-order valence-corrected chi connectivity index (χ2v) is 5.56. The second kappa shape index (κ2) is 4.90. The number of thiophene rings is 1. The van der Waals surface area contributed by atoms with E-state index in [1.807, 2.05) is 25.1 Å². The Morgan fingerprint density at radius 3 is 2.85 bits per heavy atom. The van der Waals surface area contributed by atoms with Crippen molar-refractivity contribution in [2.45, 2.75) is 6.92 Å². The first-order valence-electron chi connectivity index (χ1n) is 5.91. The van der Waals surface area contributed by atoms with Gasteiger partial charge in [0.1, 0.15) is 5.52 Å². The predicted molar refractivity (Wildman–Crippen MR) is 78.6 cm³/mol. The topological polar surface area (TPSA) is 69.2 Å². The van der Waals surface area contributed by atoms with Crippen LogP contribution in [0, 0.1) is 17.0 Å². The lowest BCUT2D eigenvalue weighted by Gasteiger charge is -1.88. The van der Waals surface area contributed by atoms with Crippen molar-refractivity contribution in [1.82, 2.24) is 4.98 Å². The molecule has 0 saturated heterocycles. The molecule has 0 radical (unpaired) electrons. The summed E-state index contributed by atoms with van der Waals surface area (Å²) in [4.78, 5) is 16.8. The maximum Gasteiger partial charge on any atom is 0.271 e. The fourth-order valence-electron chi connectivity index (χ4n) is 1.81. The zero-order chi connectivity index (χ0) is 14.1. The van der Waals surface area contributed by atoms with Crippen LogP contribution in [-0.2, 0) is 0 Å². The molecular weight excluding hydrogens is 276 g/mol. The van der Waals surface area contributed by atoms with Crippen LogP contribution in [0.3, 0.4) is 0 Å². The number of non-ortho nitro benzene ring substituents is 1. The predicted octanol–water partition coefficient (Wildman–Crippen LogP) is 4.28. The SMILES string of the molecule is Cc1ccc(/C=C/c2nc3cc([N+](=O)[O-])ccc3o2)s1. The summed E-state index contributed by atoms with van der Waals surface area (Å²) in [6.07, 6.45) is 3.67. The Hall–Kier alpha value is -2.47. The van der Waals surface area contributed by atoms with Crippen molar-refractivity contribution in [1.29, 1.82) is 0 Å². The van der Waals surface area contributed by atoms with E-state index < -0.39 is 4.92 Å². The standard InChI is InChI=1S/C14H10N2O3S/c1-9-2-4-11(20-9)5-7-14-15-12-8-10(16(17)18)3-6-13(12)19-14/h2-8H,1H3/b7-5+. The highest BCUT2D eigenvalue weighted by atomic mass is 32.1. The van der Waals surface area contributed by atoms with E-state index in [2.05, 4.69) is 4.98 Å². The van der Waals surface area contributed by atoms with Gasteiger partial charge < -0.3 is 4.42 Å². The molecule has 3 rings (SSSR count). The minimum absolute atomic E-state index is 0.00945. The first kappa shape index (κ1) is 12.6. The quantitative estimate of drug-likeness (QED) is 0.532. The molecule has 0 amide bonds. The van der Waals surface area contributed by atoms with Gasteiger partial charge in [-0.2, -0.15) is 0 Å². The smallest absolute Gasteiger partial charge is 0.271 e. The molecule has 0 spiro atoms. The van der Waals surface area contributed by atoms with Gasteiger partial charge in [-0.25, -0.2) is 4.98 Å². The Morgan fingerprint density at radius 2 is 2.15 bits per heavy atom. The van der Waals surface area contributed by atoms with Crippen LogP contribution in [-0.4, -0.2) is 9.91 Å². The van der Waals surface area contributed by atoms with Crippen LogP contribution in [0.1, 0.15) is 15.6 Å². The number of nitrogens with zero attached hydrogens (tertiary/aromatic N) is 2. The summed E-state index contributed by atoms with van der Waals surface area (Å²) in [5.74, 6) is 0.437. The maximum atomic E-state index is 10.7. The number of oxazole rings is 1. The number of nitro groups is 1. The van der Waals surface area contributed by atoms with Crippen LogP contribution in [0.15, 0.2) is 34.7 Å². The molecule has 0 N–H and O–H groups in total. The molecule has 2 heterocycles. The van der Waals surface area contributed by atoms with Crippen LogP contribution in [0.2, 0.25) is 0 Å². The Kier molecular flexibility index (Phi) is 3.08. The fourth-order valence-corrected chi connectivity index (χ4v) is 2.59. The molecule has 2 aromatic heterocycles. The van der Waals surface area contributed by atoms with Gasteiger partial charge in [0, 0.05) is 28.0 Å². The van der Waals surface area contributed by atoms with Gasteiger partial charge in [-0.15, -0.1) is 11.3 Å². The molecular formula is C14H10N2O3S. The number of rotatable bonds is 3. The van der Waals surface area contributed by atoms with Crippen molar-refractivity contribution in [2.75, 3.05) is 0 Å². The lowest BCUT2D eigenvalue weighted by molar-refractivity contribution is -0.384. The van der Waals surface area contributed by atoms with Crippen molar-refractivity contribution < 1.29 is 9.34 Å². The number of hydrogen-bond donors (Lipinski definition) is 0. The number of aryl methyl sites for hydroxylation is 1. The van der Waals surface area contributed by atoms with Crippen molar-refractivity contribution in [3.8, 4) is 0 Å². The molecule has 0 fully saturated rings. The van der Waals surface area contributed by atoms with Gasteiger partial charge in [0.05, 0.1) is 4.92 Å². The number of hydrogen-bond acceptors (Lipinski definition) is 5. The lowest BCUT2D eigenvalue weighted by Crippen LogP contribution is -1.86. The molecule has 100 valence electrons. The van der Waals surface area contributed by atoms with Crippen LogP contribution in [0.4, 0.5) is 5.69 Å². The van der Waals surface area contributed by atoms with Gasteiger partial charge >= 0.3 is 0 Å². The molecule has 20 heavy (non-hydrogen) atoms. The van der Waals surface area contributed by atoms with E-state index in [1.165, 1.54) is 17.0 Å². The molecule has 0 aliphatic heterocycles. The minimum Gasteiger partial charge on any atom is -0.437 e. The summed E-state index contributed by atoms with van der Waals surface area (Å²) in [5, 5.41) is 10.7. The number of aromatic nitrogens is 1. The zero-order valence-electron chi connectivity index (χ0n) is 10.6. The van der Waals surface area contributed by atoms with Gasteiger partial charge in [-0.1, -0.05) is 0 Å². The summed E-state index contributed by atoms with van der Waals surface area (Å²) >= 11 is 1.67. The average molecular weight is 286 g/mol. The van der Waals surface area contributed by atoms with Crippen molar-refractivity contribution in [3.63, 3.8) is 0 Å². The molecule has 6 heteroatoms. The monoisotopic (exact) mass is 286 g/mol. The minimum atomic E-state index is -0.446. The number of nitro benzene ring substituents is 1. The van der Waals surface area contributed by atoms with Gasteiger partial charge in [-0.3, -0.25) is 10.1 Å². The Balaban J connectivity index is 1.92. The fraction of sp³-hybridized carbons (Fsp3) is 0.0714. The van der Waals surface area contributed by atoms with Crippen molar-refractivity contribution >= 4 is 40.3 Å². The lowest BCUT2D eigenvalue weighted by atomic mass is 10.3. The van der Waals surface area contributed by atoms with Crippen molar-refractivity contribution in [2.24, 2.45) is 0 Å². The second-order valence-electron chi connectivity index (χ2n) is 4.24. The molecule has 1 aromatic carbocycles. The van der Waals surface area contributed by atoms with Crippen LogP contribution in [0.5, 0.6) is 0 Å². The summed E-state index contributed by atoms with van der Waals surface area (Å²) in [6, 6.07) is 8.44. The average Bonchev–Trinajstić information content (AvgIpc) is 3.00. The highest BCUT2D eigenvalue weighted by Crippen LogP contribution is 2.23. The Morgan fingerprint density at radius 1 is 1.30 bits per heavy atom. The van der Waals surface area contributed by atoms with Gasteiger partial charge in [0.25, 0.3) is 5.69 Å². The van der Waals surface area contributed by atoms with E-state index in [4.69, 9.17) is 4.42 Å². The summed E-state index contributed by atoms with van der Waals surface area (Å²) in [5.41, 5.74) is 1.04. The molecule has 0 atom stereocenters. The van der Waals surface area contributed by atoms with E-state index in [-0.39, 0.29) is 5.69 Å². The molecule has 0 unspecified atom stereocenters. The van der Waals surface area contributed by atoms with E-state index in [0.717, 1.165) is 4.88 Å². The third-order valence-corrected chi connectivity index (χ3v) is 3.72. The van der Waals surface area contributed by atoms with E-state index in [9.17, 15) is 10.1 Å². The summed E-state index contributed by atoms with van der Waals surface area (Å²) < 4.78 is 5.52. The molecule has 0 aliphatic carbocycles. The molecule has 0 bridgehead atoms. The van der Waals surface area contributed by atoms with E-state index >= 15 is 0 Å². The third kappa shape index (κ3) is 2.46. The van der Waals surface area contributed by atoms with Gasteiger partial charge in [0.15, 0.2) is 5.58 Å². The van der Waals surface area contributed by atoms with Gasteiger partial charge in [-0.05, 0) is 31.2 Å². The van der Waals surface area contributed by atoms with Gasteiger partial charge in [0.2, 0.25) is 5.89 Å².